The molecule has 0 saturated heterocycles. The first kappa shape index (κ1) is 16.7. The average Bonchev–Trinajstić information content (AvgIpc) is 2.91. The minimum Gasteiger partial charge on any atom is -0.480 e. The van der Waals surface area contributed by atoms with E-state index in [0.717, 1.165) is 0 Å². The molecule has 0 radical (unpaired) electrons. The van der Waals surface area contributed by atoms with Gasteiger partial charge in [0.25, 0.3) is 5.91 Å². The Bertz CT molecular complexity index is 511. The molecule has 1 unspecified atom stereocenters. The van der Waals surface area contributed by atoms with E-state index in [2.05, 4.69) is 5.32 Å². The van der Waals surface area contributed by atoms with Crippen LogP contribution in [0.5, 0.6) is 0 Å². The van der Waals surface area contributed by atoms with Crippen LogP contribution in [0.3, 0.4) is 0 Å². The van der Waals surface area contributed by atoms with E-state index in [-0.39, 0.29) is 12.3 Å². The number of carboxylic acids is 1. The van der Waals surface area contributed by atoms with Crippen LogP contribution in [0.15, 0.2) is 22.8 Å². The Balaban J connectivity index is 2.64. The Hall–Kier alpha value is -2.31. The molecule has 0 aliphatic heterocycles. The predicted octanol–water partition coefficient (Wildman–Crippen LogP) is 1.11. The van der Waals surface area contributed by atoms with Gasteiger partial charge in [-0.15, -0.1) is 0 Å². The number of nitrogens with one attached hydrogen (secondary N) is 1. The molecule has 116 valence electrons. The topological polar surface area (TPSA) is 99.9 Å². The van der Waals surface area contributed by atoms with Gasteiger partial charge in [0.05, 0.1) is 12.8 Å². The van der Waals surface area contributed by atoms with Gasteiger partial charge in [-0.05, 0) is 25.5 Å². The first-order valence-corrected chi connectivity index (χ1v) is 6.63. The zero-order valence-corrected chi connectivity index (χ0v) is 12.4. The number of carboxylic acid groups (broad SMARTS) is 1. The quantitative estimate of drug-likeness (QED) is 0.785. The smallest absolute Gasteiger partial charge is 0.329 e. The van der Waals surface area contributed by atoms with Gasteiger partial charge in [0.2, 0.25) is 5.91 Å². The number of carbonyl (C=O) groups is 3. The van der Waals surface area contributed by atoms with Crippen LogP contribution in [0.25, 0.3) is 0 Å². The highest BCUT2D eigenvalue weighted by Crippen LogP contribution is 2.12. The van der Waals surface area contributed by atoms with Crippen molar-refractivity contribution in [3.8, 4) is 0 Å². The third-order valence-electron chi connectivity index (χ3n) is 3.10. The molecule has 0 aliphatic rings. The molecule has 1 atom stereocenters. The summed E-state index contributed by atoms with van der Waals surface area (Å²) in [5.41, 5.74) is -1.33. The molecule has 0 fully saturated rings. The second-order valence-corrected chi connectivity index (χ2v) is 5.07. The number of hydrogen-bond donors (Lipinski definition) is 2. The lowest BCUT2D eigenvalue weighted by molar-refractivity contribution is -0.147. The fraction of sp³-hybridized carbons (Fsp3) is 0.500. The molecular formula is C14H20N2O5. The van der Waals surface area contributed by atoms with Crippen molar-refractivity contribution in [1.29, 1.82) is 0 Å². The minimum absolute atomic E-state index is 0.125. The molecular weight excluding hydrogens is 276 g/mol. The average molecular weight is 296 g/mol. The molecule has 0 spiro atoms. The third-order valence-corrected chi connectivity index (χ3v) is 3.10. The molecule has 7 heteroatoms. The first-order chi connectivity index (χ1) is 9.80. The lowest BCUT2D eigenvalue weighted by Crippen LogP contribution is -2.54. The Morgan fingerprint density at radius 1 is 1.43 bits per heavy atom. The summed E-state index contributed by atoms with van der Waals surface area (Å²) in [6, 6.07) is 3.07. The van der Waals surface area contributed by atoms with Crippen LogP contribution < -0.4 is 5.32 Å². The number of amides is 2. The Morgan fingerprint density at radius 2 is 2.10 bits per heavy atom. The van der Waals surface area contributed by atoms with Crippen molar-refractivity contribution in [2.45, 2.75) is 32.2 Å². The fourth-order valence-corrected chi connectivity index (χ4v) is 1.95. The minimum atomic E-state index is -1.33. The zero-order chi connectivity index (χ0) is 16.0. The highest BCUT2D eigenvalue weighted by molar-refractivity contribution is 5.95. The molecule has 0 saturated carbocycles. The van der Waals surface area contributed by atoms with Crippen molar-refractivity contribution in [3.63, 3.8) is 0 Å². The summed E-state index contributed by atoms with van der Waals surface area (Å²) < 4.78 is 4.96. The van der Waals surface area contributed by atoms with Crippen molar-refractivity contribution in [3.05, 3.63) is 24.2 Å². The molecule has 2 amide bonds. The van der Waals surface area contributed by atoms with E-state index < -0.39 is 23.3 Å². The number of carbonyl (C=O) groups excluding carboxylic acids is 2. The standard InChI is InChI=1S/C14H20N2O5/c1-4-7-14(2,13(19)20)15-11(17)9-16(3)12(18)10-6-5-8-21-10/h5-6,8H,4,7,9H2,1-3H3,(H,15,17)(H,19,20). The van der Waals surface area contributed by atoms with E-state index in [1.165, 1.54) is 31.2 Å². The van der Waals surface area contributed by atoms with Crippen LogP contribution in [0.4, 0.5) is 0 Å². The molecule has 7 nitrogen and oxygen atoms in total. The van der Waals surface area contributed by atoms with E-state index in [0.29, 0.717) is 12.8 Å². The van der Waals surface area contributed by atoms with Gasteiger partial charge in [0.1, 0.15) is 5.54 Å². The van der Waals surface area contributed by atoms with Crippen LogP contribution in [0, 0.1) is 0 Å². The maximum absolute atomic E-state index is 11.9. The van der Waals surface area contributed by atoms with Gasteiger partial charge in [-0.2, -0.15) is 0 Å². The highest BCUT2D eigenvalue weighted by Gasteiger charge is 2.34. The Kier molecular flexibility index (Phi) is 5.52. The molecule has 0 aliphatic carbocycles. The normalized spacial score (nSPS) is 13.3. The van der Waals surface area contributed by atoms with E-state index >= 15 is 0 Å². The number of aliphatic carboxylic acids is 1. The largest absolute Gasteiger partial charge is 0.480 e. The summed E-state index contributed by atoms with van der Waals surface area (Å²) in [6.07, 6.45) is 2.29. The summed E-state index contributed by atoms with van der Waals surface area (Å²) >= 11 is 0. The van der Waals surface area contributed by atoms with Gasteiger partial charge < -0.3 is 19.7 Å². The van der Waals surface area contributed by atoms with Crippen molar-refractivity contribution < 1.29 is 23.9 Å². The number of nitrogens with zero attached hydrogens (tertiary/aromatic N) is 1. The number of furan rings is 1. The summed E-state index contributed by atoms with van der Waals surface area (Å²) in [5, 5.41) is 11.7. The van der Waals surface area contributed by atoms with Gasteiger partial charge in [0.15, 0.2) is 5.76 Å². The molecule has 1 aromatic rings. The second kappa shape index (κ2) is 6.92. The molecule has 21 heavy (non-hydrogen) atoms. The van der Waals surface area contributed by atoms with Gasteiger partial charge in [0, 0.05) is 7.05 Å². The molecule has 1 rings (SSSR count). The maximum atomic E-state index is 11.9. The van der Waals surface area contributed by atoms with Crippen molar-refractivity contribution in [1.82, 2.24) is 10.2 Å². The number of rotatable bonds is 7. The number of hydrogen-bond acceptors (Lipinski definition) is 4. The summed E-state index contributed by atoms with van der Waals surface area (Å²) in [6.45, 7) is 3.04. The Labute approximate surface area is 122 Å². The molecule has 1 heterocycles. The molecule has 0 aromatic carbocycles. The van der Waals surface area contributed by atoms with E-state index in [1.807, 2.05) is 6.92 Å². The van der Waals surface area contributed by atoms with Gasteiger partial charge in [-0.3, -0.25) is 9.59 Å². The third kappa shape index (κ3) is 4.34. The van der Waals surface area contributed by atoms with Crippen molar-refractivity contribution in [2.75, 3.05) is 13.6 Å². The van der Waals surface area contributed by atoms with Crippen LogP contribution >= 0.6 is 0 Å². The van der Waals surface area contributed by atoms with Gasteiger partial charge >= 0.3 is 5.97 Å². The molecule has 2 N–H and O–H groups in total. The van der Waals surface area contributed by atoms with Crippen LogP contribution in [-0.4, -0.2) is 46.9 Å². The maximum Gasteiger partial charge on any atom is 0.329 e. The van der Waals surface area contributed by atoms with E-state index in [9.17, 15) is 19.5 Å². The monoisotopic (exact) mass is 296 g/mol. The zero-order valence-electron chi connectivity index (χ0n) is 12.4. The van der Waals surface area contributed by atoms with E-state index in [4.69, 9.17) is 4.42 Å². The van der Waals surface area contributed by atoms with Crippen molar-refractivity contribution >= 4 is 17.8 Å². The van der Waals surface area contributed by atoms with Gasteiger partial charge in [-0.1, -0.05) is 13.3 Å². The lowest BCUT2D eigenvalue weighted by atomic mass is 9.96. The van der Waals surface area contributed by atoms with E-state index in [1.54, 1.807) is 6.07 Å². The summed E-state index contributed by atoms with van der Waals surface area (Å²) in [5.74, 6) is -1.95. The Morgan fingerprint density at radius 3 is 2.57 bits per heavy atom. The van der Waals surface area contributed by atoms with Crippen LogP contribution in [0.1, 0.15) is 37.2 Å². The molecule has 0 bridgehead atoms. The predicted molar refractivity (Wildman–Crippen MR) is 74.8 cm³/mol. The highest BCUT2D eigenvalue weighted by atomic mass is 16.4. The van der Waals surface area contributed by atoms with Gasteiger partial charge in [-0.25, -0.2) is 4.79 Å². The first-order valence-electron chi connectivity index (χ1n) is 6.63. The van der Waals surface area contributed by atoms with Crippen molar-refractivity contribution in [2.24, 2.45) is 0 Å². The molecule has 1 aromatic heterocycles. The number of likely N-dealkylation sites (N-methyl/N-ethyl adjacent to an activating group) is 1. The summed E-state index contributed by atoms with van der Waals surface area (Å²) in [4.78, 5) is 36.2. The van der Waals surface area contributed by atoms with Crippen LogP contribution in [0.2, 0.25) is 0 Å². The van der Waals surface area contributed by atoms with Crippen LogP contribution in [-0.2, 0) is 9.59 Å². The lowest BCUT2D eigenvalue weighted by Gasteiger charge is -2.27. The SMILES string of the molecule is CCCC(C)(NC(=O)CN(C)C(=O)c1ccco1)C(=O)O. The summed E-state index contributed by atoms with van der Waals surface area (Å²) in [7, 11) is 1.45. The second-order valence-electron chi connectivity index (χ2n) is 5.07. The fourth-order valence-electron chi connectivity index (χ4n) is 1.95.